The summed E-state index contributed by atoms with van der Waals surface area (Å²) in [5, 5.41) is 0. The van der Waals surface area contributed by atoms with Gasteiger partial charge in [-0.3, -0.25) is 0 Å². The molecule has 0 radical (unpaired) electrons. The van der Waals surface area contributed by atoms with Gasteiger partial charge in [0.15, 0.2) is 0 Å². The van der Waals surface area contributed by atoms with Crippen molar-refractivity contribution in [3.63, 3.8) is 0 Å². The maximum atomic E-state index is 13.8. The Labute approximate surface area is 196 Å². The van der Waals surface area contributed by atoms with Crippen LogP contribution in [-0.4, -0.2) is 41.3 Å². The van der Waals surface area contributed by atoms with Crippen LogP contribution in [-0.2, 0) is 12.3 Å². The highest BCUT2D eigenvalue weighted by atomic mass is 35.5. The molecule has 1 fully saturated rings. The second-order valence-electron chi connectivity index (χ2n) is 8.24. The average molecular weight is 467 g/mol. The Hall–Kier alpha value is -1.14. The molecule has 3 rings (SSSR count). The molecule has 30 heavy (non-hydrogen) atoms. The van der Waals surface area contributed by atoms with E-state index >= 15 is 0 Å². The van der Waals surface area contributed by atoms with Crippen molar-refractivity contribution in [1.82, 2.24) is 9.80 Å². The maximum absolute atomic E-state index is 13.8. The molecule has 1 aliphatic carbocycles. The summed E-state index contributed by atoms with van der Waals surface area (Å²) in [7, 11) is 6.30. The lowest BCUT2D eigenvalue weighted by Gasteiger charge is -2.36. The predicted octanol–water partition coefficient (Wildman–Crippen LogP) is 6.49. The fraction of sp³-hybridized carbons (Fsp3) is 0.458. The summed E-state index contributed by atoms with van der Waals surface area (Å²) in [4.78, 5) is 4.43. The van der Waals surface area contributed by atoms with E-state index < -0.39 is 0 Å². The van der Waals surface area contributed by atoms with Crippen molar-refractivity contribution in [2.24, 2.45) is 0 Å². The molecular weight excluding hydrogens is 435 g/mol. The van der Waals surface area contributed by atoms with Crippen LogP contribution in [0.5, 0.6) is 0 Å². The van der Waals surface area contributed by atoms with E-state index in [9.17, 15) is 4.39 Å². The van der Waals surface area contributed by atoms with Gasteiger partial charge in [0.25, 0.3) is 0 Å². The van der Waals surface area contributed by atoms with E-state index in [1.807, 2.05) is 12.1 Å². The zero-order valence-electron chi connectivity index (χ0n) is 18.0. The molecule has 1 aliphatic rings. The van der Waals surface area contributed by atoms with Gasteiger partial charge in [-0.15, -0.1) is 12.4 Å². The predicted molar refractivity (Wildman–Crippen MR) is 134 cm³/mol. The van der Waals surface area contributed by atoms with Crippen molar-refractivity contribution in [2.45, 2.75) is 49.9 Å². The Balaban J connectivity index is 0.00000320. The van der Waals surface area contributed by atoms with E-state index in [1.54, 1.807) is 17.8 Å². The molecule has 0 N–H and O–H groups in total. The molecule has 2 nitrogen and oxygen atoms in total. The van der Waals surface area contributed by atoms with Crippen molar-refractivity contribution >= 4 is 40.7 Å². The second kappa shape index (κ2) is 12.0. The van der Waals surface area contributed by atoms with Crippen molar-refractivity contribution in [3.05, 3.63) is 71.0 Å². The monoisotopic (exact) mass is 466 g/mol. The summed E-state index contributed by atoms with van der Waals surface area (Å²) >= 11 is 7.20. The van der Waals surface area contributed by atoms with Gasteiger partial charge in [0.1, 0.15) is 10.1 Å². The Bertz CT molecular complexity index is 805. The molecule has 0 amide bonds. The third-order valence-electron chi connectivity index (χ3n) is 5.79. The quantitative estimate of drug-likeness (QED) is 0.449. The van der Waals surface area contributed by atoms with Crippen LogP contribution < -0.4 is 0 Å². The molecule has 164 valence electrons. The number of hydrogen-bond acceptors (Lipinski definition) is 3. The largest absolute Gasteiger partial charge is 0.358 e. The Morgan fingerprint density at radius 1 is 1.00 bits per heavy atom. The SMILES string of the molecule is CN(C)Cc1ccc(C2CCC(N(C)C(=S)SCc3ccccc3F)CC2)cc1.Cl. The summed E-state index contributed by atoms with van der Waals surface area (Å²) in [5.74, 6) is 1.08. The lowest BCUT2D eigenvalue weighted by molar-refractivity contribution is 0.267. The Morgan fingerprint density at radius 3 is 2.23 bits per heavy atom. The number of benzene rings is 2. The van der Waals surface area contributed by atoms with Crippen molar-refractivity contribution < 1.29 is 4.39 Å². The molecule has 0 spiro atoms. The number of halogens is 2. The molecule has 0 heterocycles. The third-order valence-corrected chi connectivity index (χ3v) is 7.42. The number of thioether (sulfide) groups is 1. The van der Waals surface area contributed by atoms with Crippen LogP contribution in [0.25, 0.3) is 0 Å². The van der Waals surface area contributed by atoms with Crippen LogP contribution in [0.1, 0.15) is 48.3 Å². The van der Waals surface area contributed by atoms with Crippen LogP contribution in [0.15, 0.2) is 48.5 Å². The molecular formula is C24H32ClFN2S2. The highest BCUT2D eigenvalue weighted by molar-refractivity contribution is 8.22. The number of rotatable bonds is 6. The summed E-state index contributed by atoms with van der Waals surface area (Å²) in [6.45, 7) is 0.986. The summed E-state index contributed by atoms with van der Waals surface area (Å²) < 4.78 is 14.7. The van der Waals surface area contributed by atoms with Gasteiger partial charge in [-0.25, -0.2) is 4.39 Å². The van der Waals surface area contributed by atoms with E-state index in [0.717, 1.165) is 29.3 Å². The number of nitrogens with zero attached hydrogens (tertiary/aromatic N) is 2. The van der Waals surface area contributed by atoms with E-state index in [4.69, 9.17) is 12.2 Å². The minimum absolute atomic E-state index is 0. The molecule has 0 bridgehead atoms. The van der Waals surface area contributed by atoms with Crippen LogP contribution in [0.4, 0.5) is 4.39 Å². The zero-order valence-corrected chi connectivity index (χ0v) is 20.5. The molecule has 0 aliphatic heterocycles. The molecule has 0 saturated heterocycles. The first-order valence-electron chi connectivity index (χ1n) is 10.3. The van der Waals surface area contributed by atoms with E-state index in [2.05, 4.69) is 55.2 Å². The van der Waals surface area contributed by atoms with Crippen LogP contribution in [0, 0.1) is 5.82 Å². The summed E-state index contributed by atoms with van der Waals surface area (Å²) in [5.41, 5.74) is 3.55. The highest BCUT2D eigenvalue weighted by Gasteiger charge is 2.26. The lowest BCUT2D eigenvalue weighted by Crippen LogP contribution is -2.37. The smallest absolute Gasteiger partial charge is 0.136 e. The number of thiocarbonyl (C=S) groups is 1. The molecule has 2 aromatic rings. The van der Waals surface area contributed by atoms with Crippen LogP contribution in [0.2, 0.25) is 0 Å². The first kappa shape index (κ1) is 25.1. The average Bonchev–Trinajstić information content (AvgIpc) is 2.73. The molecule has 2 aromatic carbocycles. The van der Waals surface area contributed by atoms with Crippen molar-refractivity contribution in [3.8, 4) is 0 Å². The van der Waals surface area contributed by atoms with Crippen LogP contribution >= 0.6 is 36.4 Å². The van der Waals surface area contributed by atoms with Crippen LogP contribution in [0.3, 0.4) is 0 Å². The summed E-state index contributed by atoms with van der Waals surface area (Å²) in [6, 6.07) is 16.6. The van der Waals surface area contributed by atoms with Gasteiger partial charge in [-0.1, -0.05) is 66.4 Å². The maximum Gasteiger partial charge on any atom is 0.136 e. The topological polar surface area (TPSA) is 6.48 Å². The van der Waals surface area contributed by atoms with E-state index in [1.165, 1.54) is 30.0 Å². The fourth-order valence-electron chi connectivity index (χ4n) is 4.06. The highest BCUT2D eigenvalue weighted by Crippen LogP contribution is 2.35. The molecule has 1 saturated carbocycles. The molecule has 0 unspecified atom stereocenters. The molecule has 0 aromatic heterocycles. The summed E-state index contributed by atoms with van der Waals surface area (Å²) in [6.07, 6.45) is 4.70. The van der Waals surface area contributed by atoms with Gasteiger partial charge in [0.2, 0.25) is 0 Å². The second-order valence-corrected chi connectivity index (χ2v) is 9.85. The van der Waals surface area contributed by atoms with Crippen molar-refractivity contribution in [1.29, 1.82) is 0 Å². The fourth-order valence-corrected chi connectivity index (χ4v) is 5.25. The van der Waals surface area contributed by atoms with Gasteiger partial charge in [-0.05, 0) is 68.5 Å². The van der Waals surface area contributed by atoms with Gasteiger partial charge < -0.3 is 9.80 Å². The molecule has 6 heteroatoms. The van der Waals surface area contributed by atoms with Gasteiger partial charge in [0.05, 0.1) is 0 Å². The lowest BCUT2D eigenvalue weighted by atomic mass is 9.81. The van der Waals surface area contributed by atoms with Gasteiger partial charge >= 0.3 is 0 Å². The van der Waals surface area contributed by atoms with Gasteiger partial charge in [-0.2, -0.15) is 0 Å². The first-order chi connectivity index (χ1) is 13.9. The van der Waals surface area contributed by atoms with E-state index in [0.29, 0.717) is 17.7 Å². The normalized spacial score (nSPS) is 18.7. The minimum Gasteiger partial charge on any atom is -0.358 e. The Morgan fingerprint density at radius 2 is 1.63 bits per heavy atom. The number of hydrogen-bond donors (Lipinski definition) is 0. The first-order valence-corrected chi connectivity index (χ1v) is 11.7. The minimum atomic E-state index is -0.150. The standard InChI is InChI=1S/C24H31FN2S2.ClH/c1-26(2)16-18-8-10-19(11-9-18)20-12-14-22(15-13-20)27(3)24(28)29-17-21-6-4-5-7-23(21)25;/h4-11,20,22H,12-17H2,1-3H3;1H. The third kappa shape index (κ3) is 6.94. The van der Waals surface area contributed by atoms with Crippen molar-refractivity contribution in [2.75, 3.05) is 21.1 Å². The zero-order chi connectivity index (χ0) is 20.8. The van der Waals surface area contributed by atoms with E-state index in [-0.39, 0.29) is 18.2 Å². The Kier molecular flexibility index (Phi) is 10.1. The molecule has 0 atom stereocenters. The van der Waals surface area contributed by atoms with Gasteiger partial charge in [0, 0.05) is 25.4 Å².